The third kappa shape index (κ3) is 3.51. The number of ketones is 1. The normalized spacial score (nSPS) is 20.0. The number of benzene rings is 1. The Hall–Kier alpha value is -2.02. The lowest BCUT2D eigenvalue weighted by Crippen LogP contribution is -2.29. The standard InChI is InChI=1S/C19H21NO4S/c1-12(23)18-17(6-7-25-18)13-2-4-14(5-3-13)19(24)20-8-15(10-21)16(9-20)11-22/h2-7,15-16,21-22H,8-11H2,1H3/t15-,16-/m0/s1. The van der Waals surface area contributed by atoms with Crippen LogP contribution < -0.4 is 0 Å². The van der Waals surface area contributed by atoms with Crippen LogP contribution in [0.25, 0.3) is 11.1 Å². The van der Waals surface area contributed by atoms with Crippen molar-refractivity contribution >= 4 is 23.0 Å². The quantitative estimate of drug-likeness (QED) is 0.803. The molecule has 0 radical (unpaired) electrons. The lowest BCUT2D eigenvalue weighted by atomic mass is 9.98. The van der Waals surface area contributed by atoms with E-state index in [4.69, 9.17) is 0 Å². The molecule has 1 saturated heterocycles. The third-order valence-corrected chi connectivity index (χ3v) is 5.78. The molecule has 5 nitrogen and oxygen atoms in total. The fourth-order valence-electron chi connectivity index (χ4n) is 3.30. The fraction of sp³-hybridized carbons (Fsp3) is 0.368. The maximum atomic E-state index is 12.7. The summed E-state index contributed by atoms with van der Waals surface area (Å²) in [4.78, 5) is 26.7. The van der Waals surface area contributed by atoms with Gasteiger partial charge in [-0.15, -0.1) is 11.3 Å². The molecule has 2 aromatic rings. The number of carbonyl (C=O) groups excluding carboxylic acids is 2. The van der Waals surface area contributed by atoms with Crippen LogP contribution in [0.15, 0.2) is 35.7 Å². The van der Waals surface area contributed by atoms with Crippen LogP contribution >= 0.6 is 11.3 Å². The summed E-state index contributed by atoms with van der Waals surface area (Å²) in [5.41, 5.74) is 2.36. The van der Waals surface area contributed by atoms with Crippen molar-refractivity contribution in [2.24, 2.45) is 11.8 Å². The first-order valence-electron chi connectivity index (χ1n) is 8.25. The van der Waals surface area contributed by atoms with Gasteiger partial charge >= 0.3 is 0 Å². The Morgan fingerprint density at radius 1 is 1.08 bits per heavy atom. The highest BCUT2D eigenvalue weighted by Gasteiger charge is 2.34. The average Bonchev–Trinajstić information content (AvgIpc) is 3.27. The zero-order valence-corrected chi connectivity index (χ0v) is 14.8. The van der Waals surface area contributed by atoms with Gasteiger partial charge in [-0.1, -0.05) is 12.1 Å². The second-order valence-electron chi connectivity index (χ2n) is 6.39. The second kappa shape index (κ2) is 7.47. The minimum Gasteiger partial charge on any atom is -0.396 e. The Morgan fingerprint density at radius 2 is 1.68 bits per heavy atom. The minimum absolute atomic E-state index is 0.0279. The number of aliphatic hydroxyl groups is 2. The highest BCUT2D eigenvalue weighted by atomic mass is 32.1. The van der Waals surface area contributed by atoms with Crippen molar-refractivity contribution in [3.63, 3.8) is 0 Å². The zero-order chi connectivity index (χ0) is 18.0. The van der Waals surface area contributed by atoms with Crippen LogP contribution in [-0.4, -0.2) is 53.1 Å². The van der Waals surface area contributed by atoms with Gasteiger partial charge in [-0.2, -0.15) is 0 Å². The van der Waals surface area contributed by atoms with E-state index >= 15 is 0 Å². The average molecular weight is 359 g/mol. The molecule has 1 aliphatic heterocycles. The van der Waals surface area contributed by atoms with Gasteiger partial charge in [0.2, 0.25) is 0 Å². The van der Waals surface area contributed by atoms with Gasteiger partial charge in [-0.05, 0) is 36.1 Å². The van der Waals surface area contributed by atoms with Gasteiger partial charge in [0, 0.05) is 49.3 Å². The Labute approximate surface area is 150 Å². The second-order valence-corrected chi connectivity index (χ2v) is 7.31. The Morgan fingerprint density at radius 3 is 2.20 bits per heavy atom. The minimum atomic E-state index is -0.0990. The number of aliphatic hydroxyl groups excluding tert-OH is 2. The molecule has 1 aromatic carbocycles. The molecule has 0 saturated carbocycles. The summed E-state index contributed by atoms with van der Waals surface area (Å²) in [6.45, 7) is 2.41. The van der Waals surface area contributed by atoms with E-state index in [1.165, 1.54) is 11.3 Å². The molecule has 1 amide bonds. The summed E-state index contributed by atoms with van der Waals surface area (Å²) < 4.78 is 0. The molecule has 0 unspecified atom stereocenters. The van der Waals surface area contributed by atoms with Gasteiger partial charge in [-0.3, -0.25) is 9.59 Å². The van der Waals surface area contributed by atoms with Crippen LogP contribution in [0.1, 0.15) is 27.0 Å². The molecule has 0 spiro atoms. The first-order chi connectivity index (χ1) is 12.0. The van der Waals surface area contributed by atoms with Crippen LogP contribution in [0.5, 0.6) is 0 Å². The molecule has 0 aliphatic carbocycles. The molecule has 6 heteroatoms. The van der Waals surface area contributed by atoms with E-state index in [0.717, 1.165) is 16.0 Å². The van der Waals surface area contributed by atoms with Crippen LogP contribution in [0.2, 0.25) is 0 Å². The topological polar surface area (TPSA) is 77.8 Å². The van der Waals surface area contributed by atoms with E-state index in [1.807, 2.05) is 23.6 Å². The maximum absolute atomic E-state index is 12.7. The number of likely N-dealkylation sites (tertiary alicyclic amines) is 1. The predicted octanol–water partition coefficient (Wildman–Crippen LogP) is 2.29. The summed E-state index contributed by atoms with van der Waals surface area (Å²) in [5.74, 6) is -0.209. The molecule has 3 rings (SSSR count). The molecule has 0 bridgehead atoms. The Bertz CT molecular complexity index is 756. The number of Topliss-reactive ketones (excluding diaryl/α,β-unsaturated/α-hetero) is 1. The first kappa shape index (κ1) is 17.8. The zero-order valence-electron chi connectivity index (χ0n) is 14.0. The molecule has 1 fully saturated rings. The molecular weight excluding hydrogens is 338 g/mol. The number of hydrogen-bond donors (Lipinski definition) is 2. The van der Waals surface area contributed by atoms with Crippen molar-refractivity contribution in [3.05, 3.63) is 46.2 Å². The van der Waals surface area contributed by atoms with E-state index < -0.39 is 0 Å². The van der Waals surface area contributed by atoms with Crippen molar-refractivity contribution in [2.45, 2.75) is 6.92 Å². The Kier molecular flexibility index (Phi) is 5.32. The summed E-state index contributed by atoms with van der Waals surface area (Å²) in [5, 5.41) is 20.6. The molecule has 1 aromatic heterocycles. The smallest absolute Gasteiger partial charge is 0.253 e. The van der Waals surface area contributed by atoms with Crippen LogP contribution in [-0.2, 0) is 0 Å². The van der Waals surface area contributed by atoms with Gasteiger partial charge in [0.1, 0.15) is 0 Å². The molecule has 2 atom stereocenters. The van der Waals surface area contributed by atoms with Crippen LogP contribution in [0.4, 0.5) is 0 Å². The molecular formula is C19H21NO4S. The lowest BCUT2D eigenvalue weighted by Gasteiger charge is -2.16. The van der Waals surface area contributed by atoms with E-state index in [0.29, 0.717) is 18.7 Å². The molecule has 2 heterocycles. The summed E-state index contributed by atoms with van der Waals surface area (Å²) in [6, 6.07) is 9.14. The SMILES string of the molecule is CC(=O)c1sccc1-c1ccc(C(=O)N2C[C@@H](CO)[C@H](CO)C2)cc1. The van der Waals surface area contributed by atoms with Crippen molar-refractivity contribution in [1.82, 2.24) is 4.90 Å². The van der Waals surface area contributed by atoms with Crippen LogP contribution in [0, 0.1) is 11.8 Å². The van der Waals surface area contributed by atoms with Gasteiger partial charge in [0.05, 0.1) is 4.88 Å². The fourth-order valence-corrected chi connectivity index (χ4v) is 4.12. The molecule has 132 valence electrons. The van der Waals surface area contributed by atoms with E-state index in [1.54, 1.807) is 24.0 Å². The maximum Gasteiger partial charge on any atom is 0.253 e. The number of rotatable bonds is 5. The predicted molar refractivity (Wildman–Crippen MR) is 96.8 cm³/mol. The number of amides is 1. The largest absolute Gasteiger partial charge is 0.396 e. The Balaban J connectivity index is 1.77. The number of carbonyl (C=O) groups is 2. The highest BCUT2D eigenvalue weighted by Crippen LogP contribution is 2.30. The highest BCUT2D eigenvalue weighted by molar-refractivity contribution is 7.12. The van der Waals surface area contributed by atoms with Gasteiger partial charge in [0.15, 0.2) is 5.78 Å². The van der Waals surface area contributed by atoms with Gasteiger partial charge in [-0.25, -0.2) is 0 Å². The monoisotopic (exact) mass is 359 g/mol. The molecule has 25 heavy (non-hydrogen) atoms. The van der Waals surface area contributed by atoms with Crippen molar-refractivity contribution in [1.29, 1.82) is 0 Å². The summed E-state index contributed by atoms with van der Waals surface area (Å²) in [7, 11) is 0. The van der Waals surface area contributed by atoms with Gasteiger partial charge in [0.25, 0.3) is 5.91 Å². The van der Waals surface area contributed by atoms with E-state index in [-0.39, 0.29) is 36.7 Å². The molecule has 2 N–H and O–H groups in total. The lowest BCUT2D eigenvalue weighted by molar-refractivity contribution is 0.0778. The van der Waals surface area contributed by atoms with E-state index in [9.17, 15) is 19.8 Å². The number of hydrogen-bond acceptors (Lipinski definition) is 5. The number of nitrogens with zero attached hydrogens (tertiary/aromatic N) is 1. The first-order valence-corrected chi connectivity index (χ1v) is 9.13. The molecule has 1 aliphatic rings. The van der Waals surface area contributed by atoms with Crippen molar-refractivity contribution in [3.8, 4) is 11.1 Å². The van der Waals surface area contributed by atoms with Crippen molar-refractivity contribution in [2.75, 3.05) is 26.3 Å². The van der Waals surface area contributed by atoms with Crippen LogP contribution in [0.3, 0.4) is 0 Å². The third-order valence-electron chi connectivity index (χ3n) is 4.76. The summed E-state index contributed by atoms with van der Waals surface area (Å²) in [6.07, 6.45) is 0. The summed E-state index contributed by atoms with van der Waals surface area (Å²) >= 11 is 1.42. The van der Waals surface area contributed by atoms with Crippen molar-refractivity contribution < 1.29 is 19.8 Å². The van der Waals surface area contributed by atoms with Gasteiger partial charge < -0.3 is 15.1 Å². The van der Waals surface area contributed by atoms with E-state index in [2.05, 4.69) is 0 Å². The number of thiophene rings is 1.